The van der Waals surface area contributed by atoms with Crippen LogP contribution in [0, 0.1) is 5.41 Å². The van der Waals surface area contributed by atoms with E-state index in [1.54, 1.807) is 0 Å². The third-order valence-corrected chi connectivity index (χ3v) is 6.47. The Kier molecular flexibility index (Phi) is 2.69. The summed E-state index contributed by atoms with van der Waals surface area (Å²) in [5.41, 5.74) is 2.02. The predicted molar refractivity (Wildman–Crippen MR) is 80.4 cm³/mol. The lowest BCUT2D eigenvalue weighted by atomic mass is 10.1. The topological polar surface area (TPSA) is 20.3 Å². The molecule has 1 saturated carbocycles. The van der Waals surface area contributed by atoms with Crippen molar-refractivity contribution in [3.63, 3.8) is 0 Å². The number of rotatable bonds is 1. The van der Waals surface area contributed by atoms with Crippen molar-refractivity contribution in [3.05, 3.63) is 29.8 Å². The molecular formula is C14H15Br2NO. The first-order valence-electron chi connectivity index (χ1n) is 6.16. The number of hydrogen-bond donors (Lipinski definition) is 0. The highest BCUT2D eigenvalue weighted by Crippen LogP contribution is 2.67. The highest BCUT2D eigenvalue weighted by Gasteiger charge is 2.68. The summed E-state index contributed by atoms with van der Waals surface area (Å²) in [6, 6.07) is 8.46. The number of hydrogen-bond acceptors (Lipinski definition) is 1. The molecule has 18 heavy (non-hydrogen) atoms. The summed E-state index contributed by atoms with van der Waals surface area (Å²) in [5, 5.41) is 0. The van der Waals surface area contributed by atoms with Crippen LogP contribution in [0.5, 0.6) is 0 Å². The number of fused-ring (bicyclic) bond motifs is 1. The number of para-hydroxylation sites is 1. The molecule has 1 aromatic rings. The van der Waals surface area contributed by atoms with Gasteiger partial charge in [-0.1, -0.05) is 50.1 Å². The van der Waals surface area contributed by atoms with Crippen molar-refractivity contribution in [2.45, 2.75) is 36.0 Å². The number of anilines is 1. The fourth-order valence-electron chi connectivity index (χ4n) is 2.77. The molecule has 96 valence electrons. The number of alkyl halides is 2. The Balaban J connectivity index is 1.97. The smallest absolute Gasteiger partial charge is 0.235 e. The zero-order chi connectivity index (χ0) is 13.1. The quantitative estimate of drug-likeness (QED) is 0.685. The minimum atomic E-state index is -0.335. The molecule has 0 aromatic heterocycles. The Morgan fingerprint density at radius 3 is 2.61 bits per heavy atom. The molecule has 1 heterocycles. The molecular weight excluding hydrogens is 358 g/mol. The fraction of sp³-hybridized carbons (Fsp3) is 0.500. The van der Waals surface area contributed by atoms with E-state index in [-0.39, 0.29) is 20.6 Å². The van der Waals surface area contributed by atoms with Crippen molar-refractivity contribution in [1.82, 2.24) is 0 Å². The van der Waals surface area contributed by atoms with Gasteiger partial charge >= 0.3 is 0 Å². The first-order chi connectivity index (χ1) is 8.37. The van der Waals surface area contributed by atoms with Gasteiger partial charge in [0.1, 0.15) is 0 Å². The van der Waals surface area contributed by atoms with Crippen LogP contribution in [0.25, 0.3) is 0 Å². The van der Waals surface area contributed by atoms with Crippen LogP contribution in [-0.2, 0) is 11.2 Å². The van der Waals surface area contributed by atoms with Crippen molar-refractivity contribution in [3.8, 4) is 0 Å². The summed E-state index contributed by atoms with van der Waals surface area (Å²) in [4.78, 5) is 14.8. The van der Waals surface area contributed by atoms with E-state index in [4.69, 9.17) is 0 Å². The zero-order valence-electron chi connectivity index (χ0n) is 10.4. The van der Waals surface area contributed by atoms with Gasteiger partial charge < -0.3 is 4.90 Å². The van der Waals surface area contributed by atoms with Gasteiger partial charge in [-0.3, -0.25) is 4.79 Å². The normalized spacial score (nSPS) is 32.2. The van der Waals surface area contributed by atoms with Crippen molar-refractivity contribution in [2.75, 3.05) is 4.90 Å². The van der Waals surface area contributed by atoms with Gasteiger partial charge in [0.25, 0.3) is 0 Å². The Morgan fingerprint density at radius 2 is 2.00 bits per heavy atom. The first-order valence-corrected chi connectivity index (χ1v) is 7.75. The first kappa shape index (κ1) is 12.7. The second kappa shape index (κ2) is 3.83. The monoisotopic (exact) mass is 371 g/mol. The fourth-order valence-corrected chi connectivity index (χ4v) is 4.23. The summed E-state index contributed by atoms with van der Waals surface area (Å²) in [6.07, 6.45) is 1.79. The average molecular weight is 373 g/mol. The summed E-state index contributed by atoms with van der Waals surface area (Å²) in [6.45, 7) is 4.14. The zero-order valence-corrected chi connectivity index (χ0v) is 13.6. The molecule has 1 aliphatic heterocycles. The van der Waals surface area contributed by atoms with Crippen LogP contribution >= 0.6 is 31.9 Å². The van der Waals surface area contributed by atoms with E-state index >= 15 is 0 Å². The van der Waals surface area contributed by atoms with Gasteiger partial charge in [-0.15, -0.1) is 0 Å². The Morgan fingerprint density at radius 1 is 1.39 bits per heavy atom. The molecule has 2 nitrogen and oxygen atoms in total. The van der Waals surface area contributed by atoms with Crippen molar-refractivity contribution >= 4 is 43.5 Å². The highest BCUT2D eigenvalue weighted by atomic mass is 79.9. The van der Waals surface area contributed by atoms with Crippen LogP contribution in [0.2, 0.25) is 0 Å². The summed E-state index contributed by atoms with van der Waals surface area (Å²) >= 11 is 7.17. The third kappa shape index (κ3) is 1.61. The van der Waals surface area contributed by atoms with Crippen molar-refractivity contribution in [1.29, 1.82) is 0 Å². The van der Waals surface area contributed by atoms with Crippen LogP contribution in [0.3, 0.4) is 0 Å². The van der Waals surface area contributed by atoms with Crippen LogP contribution in [0.1, 0.15) is 25.8 Å². The van der Waals surface area contributed by atoms with Crippen LogP contribution in [-0.4, -0.2) is 15.2 Å². The van der Waals surface area contributed by atoms with Crippen LogP contribution in [0.15, 0.2) is 24.3 Å². The van der Waals surface area contributed by atoms with E-state index in [9.17, 15) is 4.79 Å². The van der Waals surface area contributed by atoms with Crippen LogP contribution < -0.4 is 4.90 Å². The Labute approximate surface area is 124 Å². The number of carbonyl (C=O) groups excluding carboxylic acids is 1. The lowest BCUT2D eigenvalue weighted by Gasteiger charge is -2.27. The molecule has 1 aromatic carbocycles. The molecule has 0 N–H and O–H groups in total. The number of amides is 1. The summed E-state index contributed by atoms with van der Waals surface area (Å²) in [7, 11) is 0. The maximum atomic E-state index is 12.8. The number of benzene rings is 1. The average Bonchev–Trinajstić information content (AvgIpc) is 2.67. The van der Waals surface area contributed by atoms with Crippen molar-refractivity contribution < 1.29 is 4.79 Å². The highest BCUT2D eigenvalue weighted by molar-refractivity contribution is 9.25. The second-order valence-electron chi connectivity index (χ2n) is 5.57. The van der Waals surface area contributed by atoms with E-state index in [1.165, 1.54) is 5.56 Å². The van der Waals surface area contributed by atoms with Gasteiger partial charge in [0, 0.05) is 11.7 Å². The summed E-state index contributed by atoms with van der Waals surface area (Å²) < 4.78 is -0.221. The molecule has 0 radical (unpaired) electrons. The third-order valence-electron chi connectivity index (χ3n) is 4.16. The second-order valence-corrected chi connectivity index (χ2v) is 9.34. The van der Waals surface area contributed by atoms with E-state index in [0.29, 0.717) is 0 Å². The molecule has 0 unspecified atom stereocenters. The van der Waals surface area contributed by atoms with Gasteiger partial charge in [-0.05, 0) is 38.3 Å². The largest absolute Gasteiger partial charge is 0.308 e. The summed E-state index contributed by atoms with van der Waals surface area (Å²) in [5.74, 6) is 0.216. The lowest BCUT2D eigenvalue weighted by Crippen LogP contribution is -2.41. The molecule has 3 rings (SSSR count). The van der Waals surface area contributed by atoms with Gasteiger partial charge in [-0.2, -0.15) is 0 Å². The molecule has 4 heteroatoms. The predicted octanol–water partition coefficient (Wildman–Crippen LogP) is 3.86. The minimum Gasteiger partial charge on any atom is -0.308 e. The van der Waals surface area contributed by atoms with Gasteiger partial charge in [-0.25, -0.2) is 0 Å². The molecule has 2 aliphatic rings. The molecule has 1 amide bonds. The molecule has 0 saturated heterocycles. The van der Waals surface area contributed by atoms with E-state index in [0.717, 1.165) is 18.5 Å². The maximum absolute atomic E-state index is 12.8. The number of carbonyl (C=O) groups is 1. The van der Waals surface area contributed by atoms with Gasteiger partial charge in [0.15, 0.2) is 0 Å². The molecule has 0 spiro atoms. The van der Waals surface area contributed by atoms with Crippen molar-refractivity contribution in [2.24, 2.45) is 5.41 Å². The van der Waals surface area contributed by atoms with E-state index < -0.39 is 0 Å². The SMILES string of the molecule is C[C@@H]1Cc2ccccc2N1C(=O)[C@@]1(C)CC1(Br)Br. The number of halogens is 2. The van der Waals surface area contributed by atoms with Gasteiger partial charge in [0.2, 0.25) is 5.91 Å². The van der Waals surface area contributed by atoms with E-state index in [2.05, 4.69) is 44.8 Å². The van der Waals surface area contributed by atoms with Gasteiger partial charge in [0.05, 0.1) is 8.65 Å². The Hall–Kier alpha value is -0.350. The molecule has 0 bridgehead atoms. The van der Waals surface area contributed by atoms with E-state index in [1.807, 2.05) is 30.0 Å². The number of nitrogens with zero attached hydrogens (tertiary/aromatic N) is 1. The Bertz CT molecular complexity index is 528. The molecule has 1 fully saturated rings. The molecule has 1 aliphatic carbocycles. The molecule has 2 atom stereocenters. The van der Waals surface area contributed by atoms with Crippen LogP contribution in [0.4, 0.5) is 5.69 Å². The lowest BCUT2D eigenvalue weighted by molar-refractivity contribution is -0.123. The standard InChI is InChI=1S/C14H15Br2NO/c1-9-7-10-5-3-4-6-11(10)17(9)12(18)13(2)8-14(13,15)16/h3-6,9H,7-8H2,1-2H3/t9-,13-/m1/s1. The minimum absolute atomic E-state index is 0.216. The maximum Gasteiger partial charge on any atom is 0.235 e.